The summed E-state index contributed by atoms with van der Waals surface area (Å²) in [5.41, 5.74) is 4.06. The van der Waals surface area contributed by atoms with Gasteiger partial charge in [-0.05, 0) is 47.9 Å². The summed E-state index contributed by atoms with van der Waals surface area (Å²) in [4.78, 5) is 4.35. The standard InChI is InChI=1S/C13H13N3S/c1-9-7-17-8-12(9)6-15-13-4-11(5-14)3-10(2)16-13/h3-4,7-8H,6H2,1-2H3,(H,15,16). The van der Waals surface area contributed by atoms with Crippen molar-refractivity contribution < 1.29 is 0 Å². The molecule has 0 radical (unpaired) electrons. The predicted molar refractivity (Wildman–Crippen MR) is 70.1 cm³/mol. The van der Waals surface area contributed by atoms with Gasteiger partial charge in [0.25, 0.3) is 0 Å². The van der Waals surface area contributed by atoms with Gasteiger partial charge in [0.2, 0.25) is 0 Å². The van der Waals surface area contributed by atoms with Crippen LogP contribution in [0.5, 0.6) is 0 Å². The molecular formula is C13H13N3S. The fourth-order valence-corrected chi connectivity index (χ4v) is 2.43. The zero-order chi connectivity index (χ0) is 12.3. The largest absolute Gasteiger partial charge is 0.366 e. The minimum absolute atomic E-state index is 0.641. The third-order valence-corrected chi connectivity index (χ3v) is 3.41. The van der Waals surface area contributed by atoms with Crippen molar-refractivity contribution in [1.82, 2.24) is 4.98 Å². The van der Waals surface area contributed by atoms with Crippen LogP contribution in [0.25, 0.3) is 0 Å². The monoisotopic (exact) mass is 243 g/mol. The Hall–Kier alpha value is -1.86. The van der Waals surface area contributed by atoms with Gasteiger partial charge in [0.05, 0.1) is 11.6 Å². The molecule has 2 aromatic rings. The van der Waals surface area contributed by atoms with Crippen molar-refractivity contribution in [3.05, 3.63) is 45.3 Å². The molecule has 2 aromatic heterocycles. The lowest BCUT2D eigenvalue weighted by Gasteiger charge is -2.06. The van der Waals surface area contributed by atoms with Gasteiger partial charge in [-0.2, -0.15) is 16.6 Å². The van der Waals surface area contributed by atoms with Crippen LogP contribution in [0.3, 0.4) is 0 Å². The summed E-state index contributed by atoms with van der Waals surface area (Å²) >= 11 is 1.70. The van der Waals surface area contributed by atoms with Gasteiger partial charge >= 0.3 is 0 Å². The Kier molecular flexibility index (Phi) is 3.40. The average molecular weight is 243 g/mol. The van der Waals surface area contributed by atoms with Crippen molar-refractivity contribution in [2.24, 2.45) is 0 Å². The number of hydrogen-bond acceptors (Lipinski definition) is 4. The van der Waals surface area contributed by atoms with Gasteiger partial charge in [-0.1, -0.05) is 0 Å². The maximum absolute atomic E-state index is 8.88. The van der Waals surface area contributed by atoms with E-state index in [4.69, 9.17) is 5.26 Å². The first-order valence-corrected chi connectivity index (χ1v) is 6.27. The number of hydrogen-bond donors (Lipinski definition) is 1. The van der Waals surface area contributed by atoms with Gasteiger partial charge in [0, 0.05) is 12.2 Å². The van der Waals surface area contributed by atoms with Crippen LogP contribution in [-0.2, 0) is 6.54 Å². The highest BCUT2D eigenvalue weighted by Gasteiger charge is 2.02. The molecule has 0 atom stereocenters. The molecule has 86 valence electrons. The van der Waals surface area contributed by atoms with Crippen LogP contribution in [0, 0.1) is 25.2 Å². The highest BCUT2D eigenvalue weighted by molar-refractivity contribution is 7.08. The lowest BCUT2D eigenvalue weighted by molar-refractivity contribution is 1.08. The van der Waals surface area contributed by atoms with E-state index in [0.29, 0.717) is 5.56 Å². The highest BCUT2D eigenvalue weighted by atomic mass is 32.1. The molecule has 0 spiro atoms. The molecule has 2 heterocycles. The number of nitrogens with one attached hydrogen (secondary N) is 1. The molecule has 0 saturated heterocycles. The Balaban J connectivity index is 2.12. The second-order valence-electron chi connectivity index (χ2n) is 3.93. The fourth-order valence-electron chi connectivity index (χ4n) is 1.58. The summed E-state index contributed by atoms with van der Waals surface area (Å²) < 4.78 is 0. The van der Waals surface area contributed by atoms with Crippen LogP contribution < -0.4 is 5.32 Å². The van der Waals surface area contributed by atoms with Crippen LogP contribution in [0.1, 0.15) is 22.4 Å². The number of aryl methyl sites for hydroxylation is 2. The van der Waals surface area contributed by atoms with Crippen molar-refractivity contribution >= 4 is 17.2 Å². The Morgan fingerprint density at radius 3 is 2.82 bits per heavy atom. The number of nitriles is 1. The van der Waals surface area contributed by atoms with E-state index in [1.54, 1.807) is 23.5 Å². The van der Waals surface area contributed by atoms with E-state index in [9.17, 15) is 0 Å². The quantitative estimate of drug-likeness (QED) is 0.900. The number of aromatic nitrogens is 1. The highest BCUT2D eigenvalue weighted by Crippen LogP contribution is 2.16. The Labute approximate surface area is 105 Å². The van der Waals surface area contributed by atoms with Crippen molar-refractivity contribution in [3.63, 3.8) is 0 Å². The van der Waals surface area contributed by atoms with Crippen molar-refractivity contribution in [2.45, 2.75) is 20.4 Å². The SMILES string of the molecule is Cc1cc(C#N)cc(NCc2cscc2C)n1. The summed E-state index contributed by atoms with van der Waals surface area (Å²) in [5, 5.41) is 16.4. The molecule has 17 heavy (non-hydrogen) atoms. The van der Waals surface area contributed by atoms with Crippen molar-refractivity contribution in [2.75, 3.05) is 5.32 Å². The van der Waals surface area contributed by atoms with E-state index in [-0.39, 0.29) is 0 Å². The number of anilines is 1. The lowest BCUT2D eigenvalue weighted by atomic mass is 10.2. The Bertz CT molecular complexity index is 566. The van der Waals surface area contributed by atoms with Crippen LogP contribution in [-0.4, -0.2) is 4.98 Å². The topological polar surface area (TPSA) is 48.7 Å². The van der Waals surface area contributed by atoms with Gasteiger partial charge in [-0.25, -0.2) is 4.98 Å². The molecule has 0 aromatic carbocycles. The Morgan fingerprint density at radius 2 is 2.18 bits per heavy atom. The van der Waals surface area contributed by atoms with Gasteiger partial charge in [-0.3, -0.25) is 0 Å². The third kappa shape index (κ3) is 2.83. The number of rotatable bonds is 3. The minimum Gasteiger partial charge on any atom is -0.366 e. The molecule has 3 nitrogen and oxygen atoms in total. The van der Waals surface area contributed by atoms with E-state index >= 15 is 0 Å². The van der Waals surface area contributed by atoms with E-state index in [0.717, 1.165) is 18.1 Å². The van der Waals surface area contributed by atoms with Crippen LogP contribution in [0.4, 0.5) is 5.82 Å². The van der Waals surface area contributed by atoms with Gasteiger partial charge < -0.3 is 5.32 Å². The molecule has 0 bridgehead atoms. The molecule has 1 N–H and O–H groups in total. The van der Waals surface area contributed by atoms with Crippen LogP contribution in [0.15, 0.2) is 22.9 Å². The third-order valence-electron chi connectivity index (χ3n) is 2.50. The number of pyridine rings is 1. The normalized spacial score (nSPS) is 9.94. The average Bonchev–Trinajstić information content (AvgIpc) is 2.71. The predicted octanol–water partition coefficient (Wildman–Crippen LogP) is 3.24. The van der Waals surface area contributed by atoms with Gasteiger partial charge in [-0.15, -0.1) is 0 Å². The van der Waals surface area contributed by atoms with E-state index in [1.165, 1.54) is 11.1 Å². The summed E-state index contributed by atoms with van der Waals surface area (Å²) in [6.07, 6.45) is 0. The zero-order valence-electron chi connectivity index (χ0n) is 9.82. The van der Waals surface area contributed by atoms with Crippen molar-refractivity contribution in [3.8, 4) is 6.07 Å². The molecule has 0 saturated carbocycles. The molecular weight excluding hydrogens is 230 g/mol. The second kappa shape index (κ2) is 4.98. The summed E-state index contributed by atoms with van der Waals surface area (Å²) in [6.45, 7) is 4.73. The summed E-state index contributed by atoms with van der Waals surface area (Å²) in [5.74, 6) is 0.757. The van der Waals surface area contributed by atoms with E-state index < -0.39 is 0 Å². The molecule has 0 aliphatic carbocycles. The maximum atomic E-state index is 8.88. The smallest absolute Gasteiger partial charge is 0.127 e. The van der Waals surface area contributed by atoms with Gasteiger partial charge in [0.15, 0.2) is 0 Å². The Morgan fingerprint density at radius 1 is 1.35 bits per heavy atom. The molecule has 2 rings (SSSR count). The first-order chi connectivity index (χ1) is 8.19. The zero-order valence-corrected chi connectivity index (χ0v) is 10.6. The number of nitrogens with zero attached hydrogens (tertiary/aromatic N) is 2. The summed E-state index contributed by atoms with van der Waals surface area (Å²) in [7, 11) is 0. The lowest BCUT2D eigenvalue weighted by Crippen LogP contribution is -2.02. The molecule has 0 fully saturated rings. The molecule has 0 amide bonds. The number of thiophene rings is 1. The summed E-state index contributed by atoms with van der Waals surface area (Å²) in [6, 6.07) is 5.69. The first-order valence-electron chi connectivity index (χ1n) is 5.33. The maximum Gasteiger partial charge on any atom is 0.127 e. The molecule has 0 aliphatic heterocycles. The van der Waals surface area contributed by atoms with E-state index in [1.807, 2.05) is 6.92 Å². The second-order valence-corrected chi connectivity index (χ2v) is 4.67. The van der Waals surface area contributed by atoms with Crippen LogP contribution >= 0.6 is 11.3 Å². The fraction of sp³-hybridized carbons (Fsp3) is 0.231. The van der Waals surface area contributed by atoms with E-state index in [2.05, 4.69) is 34.1 Å². The molecule has 4 heteroatoms. The molecule has 0 aliphatic rings. The minimum atomic E-state index is 0.641. The van der Waals surface area contributed by atoms with Crippen LogP contribution in [0.2, 0.25) is 0 Å². The van der Waals surface area contributed by atoms with Gasteiger partial charge in [0.1, 0.15) is 5.82 Å². The molecule has 0 unspecified atom stereocenters. The van der Waals surface area contributed by atoms with Crippen molar-refractivity contribution in [1.29, 1.82) is 5.26 Å². The first kappa shape index (κ1) is 11.6.